The molecule has 0 radical (unpaired) electrons. The Balaban J connectivity index is 2.01. The van der Waals surface area contributed by atoms with Gasteiger partial charge in [0.2, 0.25) is 0 Å². The molecule has 102 valence electrons. The Hall–Kier alpha value is -1.52. The Bertz CT molecular complexity index is 511. The summed E-state index contributed by atoms with van der Waals surface area (Å²) in [5.41, 5.74) is 6.88. The molecular weight excluding hydrogens is 262 g/mol. The topological polar surface area (TPSA) is 53.1 Å². The maximum absolute atomic E-state index is 6.19. The lowest BCUT2D eigenvalue weighted by molar-refractivity contribution is 0.288. The van der Waals surface area contributed by atoms with Crippen LogP contribution in [0.2, 0.25) is 5.02 Å². The molecule has 0 fully saturated rings. The third-order valence-corrected chi connectivity index (χ3v) is 3.01. The number of nitrogens with two attached hydrogens (primary N) is 1. The van der Waals surface area contributed by atoms with Crippen molar-refractivity contribution in [2.24, 2.45) is 5.73 Å². The first-order chi connectivity index (χ1) is 9.16. The summed E-state index contributed by atoms with van der Waals surface area (Å²) in [5, 5.41) is 4.75. The van der Waals surface area contributed by atoms with Crippen LogP contribution in [0.25, 0.3) is 0 Å². The molecule has 0 aliphatic carbocycles. The van der Waals surface area contributed by atoms with E-state index in [-0.39, 0.29) is 6.04 Å². The van der Waals surface area contributed by atoms with E-state index in [4.69, 9.17) is 22.1 Å². The van der Waals surface area contributed by atoms with Crippen molar-refractivity contribution in [2.45, 2.75) is 25.9 Å². The van der Waals surface area contributed by atoms with Gasteiger partial charge in [0.05, 0.1) is 11.6 Å². The Labute approximate surface area is 118 Å². The van der Waals surface area contributed by atoms with E-state index in [0.29, 0.717) is 18.2 Å². The molecule has 2 aromatic rings. The first-order valence-electron chi connectivity index (χ1n) is 6.30. The van der Waals surface area contributed by atoms with Crippen LogP contribution in [-0.2, 0) is 13.0 Å². The molecule has 0 bridgehead atoms. The van der Waals surface area contributed by atoms with Crippen molar-refractivity contribution < 1.29 is 4.74 Å². The molecule has 2 rings (SSSR count). The average Bonchev–Trinajstić information content (AvgIpc) is 2.85. The van der Waals surface area contributed by atoms with Gasteiger partial charge in [-0.15, -0.1) is 0 Å². The molecule has 0 aliphatic rings. The van der Waals surface area contributed by atoms with E-state index >= 15 is 0 Å². The fraction of sp³-hybridized carbons (Fsp3) is 0.357. The zero-order chi connectivity index (χ0) is 13.7. The molecule has 1 atom stereocenters. The number of hydrogen-bond acceptors (Lipinski definition) is 3. The summed E-state index contributed by atoms with van der Waals surface area (Å²) in [7, 11) is 0. The lowest BCUT2D eigenvalue weighted by Crippen LogP contribution is -2.18. The fourth-order valence-corrected chi connectivity index (χ4v) is 2.15. The van der Waals surface area contributed by atoms with Gasteiger partial charge < -0.3 is 10.5 Å². The van der Waals surface area contributed by atoms with Crippen LogP contribution in [0.5, 0.6) is 5.75 Å². The van der Waals surface area contributed by atoms with E-state index in [9.17, 15) is 0 Å². The number of rotatable bonds is 6. The molecule has 1 heterocycles. The SMILES string of the molecule is CC(N)Cc1cccc(Cl)c1OCCn1cccn1. The van der Waals surface area contributed by atoms with Crippen LogP contribution in [0.4, 0.5) is 0 Å². The summed E-state index contributed by atoms with van der Waals surface area (Å²) >= 11 is 6.19. The van der Waals surface area contributed by atoms with Gasteiger partial charge >= 0.3 is 0 Å². The number of benzene rings is 1. The molecule has 0 saturated carbocycles. The lowest BCUT2D eigenvalue weighted by Gasteiger charge is -2.14. The fourth-order valence-electron chi connectivity index (χ4n) is 1.90. The zero-order valence-electron chi connectivity index (χ0n) is 10.9. The molecule has 4 nitrogen and oxygen atoms in total. The zero-order valence-corrected chi connectivity index (χ0v) is 11.7. The highest BCUT2D eigenvalue weighted by Crippen LogP contribution is 2.29. The minimum atomic E-state index is 0.0759. The Morgan fingerprint density at radius 2 is 2.26 bits per heavy atom. The van der Waals surface area contributed by atoms with Crippen LogP contribution in [0, 0.1) is 0 Å². The highest BCUT2D eigenvalue weighted by atomic mass is 35.5. The van der Waals surface area contributed by atoms with E-state index in [2.05, 4.69) is 5.10 Å². The maximum Gasteiger partial charge on any atom is 0.141 e. The summed E-state index contributed by atoms with van der Waals surface area (Å²) < 4.78 is 7.62. The predicted octanol–water partition coefficient (Wildman–Crippen LogP) is 2.51. The van der Waals surface area contributed by atoms with Crippen molar-refractivity contribution in [3.05, 3.63) is 47.2 Å². The largest absolute Gasteiger partial charge is 0.490 e. The summed E-state index contributed by atoms with van der Waals surface area (Å²) in [6.07, 6.45) is 4.40. The molecule has 1 unspecified atom stereocenters. The molecule has 1 aromatic carbocycles. The number of halogens is 1. The smallest absolute Gasteiger partial charge is 0.141 e. The molecule has 0 spiro atoms. The van der Waals surface area contributed by atoms with E-state index in [1.165, 1.54) is 0 Å². The van der Waals surface area contributed by atoms with Crippen LogP contribution in [0.1, 0.15) is 12.5 Å². The minimum Gasteiger partial charge on any atom is -0.490 e. The molecule has 1 aromatic heterocycles. The summed E-state index contributed by atoms with van der Waals surface area (Å²) in [6, 6.07) is 7.71. The molecule has 0 aliphatic heterocycles. The minimum absolute atomic E-state index is 0.0759. The third-order valence-electron chi connectivity index (χ3n) is 2.72. The van der Waals surface area contributed by atoms with Crippen LogP contribution in [-0.4, -0.2) is 22.4 Å². The second kappa shape index (κ2) is 6.59. The first-order valence-corrected chi connectivity index (χ1v) is 6.68. The highest BCUT2D eigenvalue weighted by molar-refractivity contribution is 6.32. The van der Waals surface area contributed by atoms with E-state index in [0.717, 1.165) is 17.7 Å². The van der Waals surface area contributed by atoms with Gasteiger partial charge in [-0.25, -0.2) is 0 Å². The van der Waals surface area contributed by atoms with Crippen molar-refractivity contribution in [1.29, 1.82) is 0 Å². The van der Waals surface area contributed by atoms with E-state index in [1.54, 1.807) is 6.20 Å². The van der Waals surface area contributed by atoms with Crippen molar-refractivity contribution in [3.8, 4) is 5.75 Å². The second-order valence-corrected chi connectivity index (χ2v) is 4.93. The van der Waals surface area contributed by atoms with Gasteiger partial charge in [0, 0.05) is 18.4 Å². The van der Waals surface area contributed by atoms with Gasteiger partial charge in [-0.1, -0.05) is 23.7 Å². The molecule has 2 N–H and O–H groups in total. The Morgan fingerprint density at radius 1 is 1.42 bits per heavy atom. The van der Waals surface area contributed by atoms with Crippen molar-refractivity contribution in [2.75, 3.05) is 6.61 Å². The van der Waals surface area contributed by atoms with Crippen molar-refractivity contribution in [1.82, 2.24) is 9.78 Å². The van der Waals surface area contributed by atoms with E-state index in [1.807, 2.05) is 42.1 Å². The number of ether oxygens (including phenoxy) is 1. The van der Waals surface area contributed by atoms with Gasteiger partial charge in [0.1, 0.15) is 12.4 Å². The average molecular weight is 280 g/mol. The standard InChI is InChI=1S/C14H18ClN3O/c1-11(16)10-12-4-2-5-13(15)14(12)19-9-8-18-7-3-6-17-18/h2-7,11H,8-10,16H2,1H3. The van der Waals surface area contributed by atoms with Gasteiger partial charge in [-0.2, -0.15) is 5.10 Å². The molecule has 0 saturated heterocycles. The quantitative estimate of drug-likeness (QED) is 0.884. The number of aromatic nitrogens is 2. The number of nitrogens with zero attached hydrogens (tertiary/aromatic N) is 2. The summed E-state index contributed by atoms with van der Waals surface area (Å²) in [4.78, 5) is 0. The molecule has 19 heavy (non-hydrogen) atoms. The number of para-hydroxylation sites is 1. The second-order valence-electron chi connectivity index (χ2n) is 4.53. The van der Waals surface area contributed by atoms with Crippen LogP contribution in [0.15, 0.2) is 36.7 Å². The van der Waals surface area contributed by atoms with Crippen LogP contribution < -0.4 is 10.5 Å². The highest BCUT2D eigenvalue weighted by Gasteiger charge is 2.10. The Kier molecular flexibility index (Phi) is 4.82. The molecule has 0 amide bonds. The normalized spacial score (nSPS) is 12.4. The lowest BCUT2D eigenvalue weighted by atomic mass is 10.1. The first kappa shape index (κ1) is 13.9. The third kappa shape index (κ3) is 3.98. The molecular formula is C14H18ClN3O. The van der Waals surface area contributed by atoms with Gasteiger partial charge in [0.15, 0.2) is 0 Å². The van der Waals surface area contributed by atoms with Crippen LogP contribution in [0.3, 0.4) is 0 Å². The Morgan fingerprint density at radius 3 is 2.95 bits per heavy atom. The van der Waals surface area contributed by atoms with Crippen molar-refractivity contribution in [3.63, 3.8) is 0 Å². The van der Waals surface area contributed by atoms with E-state index < -0.39 is 0 Å². The summed E-state index contributed by atoms with van der Waals surface area (Å²) in [6.45, 7) is 3.18. The monoisotopic (exact) mass is 279 g/mol. The van der Waals surface area contributed by atoms with Crippen molar-refractivity contribution >= 4 is 11.6 Å². The van der Waals surface area contributed by atoms with Gasteiger partial charge in [-0.3, -0.25) is 4.68 Å². The molecule has 5 heteroatoms. The van der Waals surface area contributed by atoms with Gasteiger partial charge in [0.25, 0.3) is 0 Å². The maximum atomic E-state index is 6.19. The predicted molar refractivity (Wildman–Crippen MR) is 76.5 cm³/mol. The summed E-state index contributed by atoms with van der Waals surface area (Å²) in [5.74, 6) is 0.730. The van der Waals surface area contributed by atoms with Gasteiger partial charge in [-0.05, 0) is 31.0 Å². The number of hydrogen-bond donors (Lipinski definition) is 1. The van der Waals surface area contributed by atoms with Crippen LogP contribution >= 0.6 is 11.6 Å².